The van der Waals surface area contributed by atoms with Crippen LogP contribution in [0.2, 0.25) is 0 Å². The van der Waals surface area contributed by atoms with Crippen molar-refractivity contribution in [2.75, 3.05) is 0 Å². The van der Waals surface area contributed by atoms with Gasteiger partial charge in [-0.3, -0.25) is 4.79 Å². The van der Waals surface area contributed by atoms with E-state index in [4.69, 9.17) is 4.74 Å². The second-order valence-corrected chi connectivity index (χ2v) is 3.85. The van der Waals surface area contributed by atoms with Gasteiger partial charge in [0.05, 0.1) is 12.7 Å². The standard InChI is InChI=1S/C10H14N2O3/c1-7-10(12-15-11-7)6-14-9-4-2-8(13)3-5-9/h9H,2-6H2,1H3. The minimum absolute atomic E-state index is 0.179. The summed E-state index contributed by atoms with van der Waals surface area (Å²) in [6.45, 7) is 2.26. The van der Waals surface area contributed by atoms with Gasteiger partial charge in [-0.15, -0.1) is 0 Å². The lowest BCUT2D eigenvalue weighted by molar-refractivity contribution is -0.123. The van der Waals surface area contributed by atoms with E-state index in [1.54, 1.807) is 0 Å². The number of ether oxygens (including phenoxy) is 1. The maximum Gasteiger partial charge on any atom is 0.133 e. The van der Waals surface area contributed by atoms with Gasteiger partial charge in [-0.25, -0.2) is 4.63 Å². The molecule has 0 radical (unpaired) electrons. The molecule has 1 aromatic heterocycles. The summed E-state index contributed by atoms with van der Waals surface area (Å²) in [6.07, 6.45) is 3.10. The first kappa shape index (κ1) is 10.3. The van der Waals surface area contributed by atoms with Crippen molar-refractivity contribution >= 4 is 5.78 Å². The first-order chi connectivity index (χ1) is 7.25. The van der Waals surface area contributed by atoms with Gasteiger partial charge in [-0.05, 0) is 19.8 Å². The zero-order valence-corrected chi connectivity index (χ0v) is 8.73. The zero-order valence-electron chi connectivity index (χ0n) is 8.73. The highest BCUT2D eigenvalue weighted by Gasteiger charge is 2.19. The molecule has 2 rings (SSSR count). The Morgan fingerprint density at radius 3 is 2.73 bits per heavy atom. The number of nitrogens with zero attached hydrogens (tertiary/aromatic N) is 2. The van der Waals surface area contributed by atoms with Crippen molar-refractivity contribution in [1.82, 2.24) is 10.3 Å². The van der Waals surface area contributed by atoms with Crippen LogP contribution in [0.1, 0.15) is 37.1 Å². The van der Waals surface area contributed by atoms with Gasteiger partial charge in [-0.2, -0.15) is 0 Å². The van der Waals surface area contributed by atoms with Crippen molar-refractivity contribution in [1.29, 1.82) is 0 Å². The third kappa shape index (κ3) is 2.62. The van der Waals surface area contributed by atoms with Gasteiger partial charge in [0.15, 0.2) is 0 Å². The van der Waals surface area contributed by atoms with Crippen LogP contribution in [0.15, 0.2) is 4.63 Å². The molecule has 0 spiro atoms. The molecule has 0 atom stereocenters. The number of ketones is 1. The molecule has 0 bridgehead atoms. The fourth-order valence-corrected chi connectivity index (χ4v) is 1.66. The molecule has 0 unspecified atom stereocenters. The maximum absolute atomic E-state index is 11.0. The highest BCUT2D eigenvalue weighted by Crippen LogP contribution is 2.19. The number of rotatable bonds is 3. The number of aromatic nitrogens is 2. The van der Waals surface area contributed by atoms with Crippen molar-refractivity contribution in [2.45, 2.75) is 45.3 Å². The third-order valence-electron chi connectivity index (χ3n) is 2.69. The van der Waals surface area contributed by atoms with Crippen LogP contribution >= 0.6 is 0 Å². The molecular weight excluding hydrogens is 196 g/mol. The third-order valence-corrected chi connectivity index (χ3v) is 2.69. The summed E-state index contributed by atoms with van der Waals surface area (Å²) in [5.74, 6) is 0.342. The Morgan fingerprint density at radius 1 is 1.40 bits per heavy atom. The summed E-state index contributed by atoms with van der Waals surface area (Å²) in [4.78, 5) is 11.0. The molecule has 0 amide bonds. The van der Waals surface area contributed by atoms with Gasteiger partial charge in [0.25, 0.3) is 0 Å². The van der Waals surface area contributed by atoms with Crippen LogP contribution in [-0.4, -0.2) is 22.2 Å². The molecule has 5 heteroatoms. The van der Waals surface area contributed by atoms with Gasteiger partial charge in [0, 0.05) is 12.8 Å². The summed E-state index contributed by atoms with van der Waals surface area (Å²) in [5.41, 5.74) is 1.51. The number of carbonyl (C=O) groups excluding carboxylic acids is 1. The largest absolute Gasteiger partial charge is 0.372 e. The van der Waals surface area contributed by atoms with Crippen LogP contribution in [0.4, 0.5) is 0 Å². The Kier molecular flexibility index (Phi) is 3.11. The molecule has 1 saturated carbocycles. The van der Waals surface area contributed by atoms with Crippen LogP contribution < -0.4 is 0 Å². The smallest absolute Gasteiger partial charge is 0.133 e. The lowest BCUT2D eigenvalue weighted by Crippen LogP contribution is -2.21. The van der Waals surface area contributed by atoms with Crippen LogP contribution in [0.5, 0.6) is 0 Å². The highest BCUT2D eigenvalue weighted by atomic mass is 16.6. The monoisotopic (exact) mass is 210 g/mol. The molecule has 5 nitrogen and oxygen atoms in total. The van der Waals surface area contributed by atoms with Gasteiger partial charge in [0.1, 0.15) is 17.2 Å². The predicted octanol–water partition coefficient (Wildman–Crippen LogP) is 1.41. The number of carbonyl (C=O) groups is 1. The fourth-order valence-electron chi connectivity index (χ4n) is 1.66. The van der Waals surface area contributed by atoms with E-state index in [1.165, 1.54) is 0 Å². The summed E-state index contributed by atoms with van der Waals surface area (Å²) < 4.78 is 10.2. The lowest BCUT2D eigenvalue weighted by Gasteiger charge is -2.20. The molecule has 1 heterocycles. The molecular formula is C10H14N2O3. The zero-order chi connectivity index (χ0) is 10.7. The van der Waals surface area contributed by atoms with Gasteiger partial charge in [0.2, 0.25) is 0 Å². The maximum atomic E-state index is 11.0. The molecule has 1 fully saturated rings. The molecule has 0 aromatic carbocycles. The lowest BCUT2D eigenvalue weighted by atomic mass is 9.96. The molecule has 0 aliphatic heterocycles. The number of aryl methyl sites for hydroxylation is 1. The van der Waals surface area contributed by atoms with E-state index in [1.807, 2.05) is 6.92 Å². The molecule has 1 aromatic rings. The van der Waals surface area contributed by atoms with Gasteiger partial charge in [-0.1, -0.05) is 10.3 Å². The summed E-state index contributed by atoms with van der Waals surface area (Å²) in [7, 11) is 0. The van der Waals surface area contributed by atoms with E-state index in [9.17, 15) is 4.79 Å². The average Bonchev–Trinajstić information content (AvgIpc) is 2.63. The van der Waals surface area contributed by atoms with Crippen molar-refractivity contribution in [2.24, 2.45) is 0 Å². The number of hydrogen-bond donors (Lipinski definition) is 0. The van der Waals surface area contributed by atoms with E-state index < -0.39 is 0 Å². The van der Waals surface area contributed by atoms with E-state index in [0.717, 1.165) is 24.2 Å². The van der Waals surface area contributed by atoms with Gasteiger partial charge < -0.3 is 4.74 Å². The SMILES string of the molecule is Cc1nonc1COC1CCC(=O)CC1. The van der Waals surface area contributed by atoms with Crippen molar-refractivity contribution in [3.63, 3.8) is 0 Å². The highest BCUT2D eigenvalue weighted by molar-refractivity contribution is 5.79. The molecule has 1 aliphatic carbocycles. The molecule has 0 N–H and O–H groups in total. The van der Waals surface area contributed by atoms with E-state index in [-0.39, 0.29) is 6.10 Å². The summed E-state index contributed by atoms with van der Waals surface area (Å²) in [5, 5.41) is 7.41. The second kappa shape index (κ2) is 4.53. The van der Waals surface area contributed by atoms with Gasteiger partial charge >= 0.3 is 0 Å². The fraction of sp³-hybridized carbons (Fsp3) is 0.700. The normalized spacial score (nSPS) is 18.3. The number of hydrogen-bond acceptors (Lipinski definition) is 5. The van der Waals surface area contributed by atoms with Crippen LogP contribution in [0, 0.1) is 6.92 Å². The van der Waals surface area contributed by atoms with E-state index in [2.05, 4.69) is 14.9 Å². The van der Waals surface area contributed by atoms with Crippen LogP contribution in [0.3, 0.4) is 0 Å². The molecule has 15 heavy (non-hydrogen) atoms. The Bertz CT molecular complexity index is 338. The van der Waals surface area contributed by atoms with Crippen LogP contribution in [-0.2, 0) is 16.1 Å². The van der Waals surface area contributed by atoms with Crippen LogP contribution in [0.25, 0.3) is 0 Å². The second-order valence-electron chi connectivity index (χ2n) is 3.85. The average molecular weight is 210 g/mol. The van der Waals surface area contributed by atoms with Crippen molar-refractivity contribution < 1.29 is 14.2 Å². The van der Waals surface area contributed by atoms with Crippen molar-refractivity contribution in [3.8, 4) is 0 Å². The Morgan fingerprint density at radius 2 is 2.13 bits per heavy atom. The summed E-state index contributed by atoms with van der Waals surface area (Å²) in [6, 6.07) is 0. The Labute approximate surface area is 87.8 Å². The first-order valence-electron chi connectivity index (χ1n) is 5.17. The molecule has 0 saturated heterocycles. The topological polar surface area (TPSA) is 65.2 Å². The Hall–Kier alpha value is -1.23. The van der Waals surface area contributed by atoms with E-state index in [0.29, 0.717) is 25.2 Å². The minimum atomic E-state index is 0.179. The first-order valence-corrected chi connectivity index (χ1v) is 5.17. The van der Waals surface area contributed by atoms with E-state index >= 15 is 0 Å². The van der Waals surface area contributed by atoms with Crippen molar-refractivity contribution in [3.05, 3.63) is 11.4 Å². The quantitative estimate of drug-likeness (QED) is 0.754. The Balaban J connectivity index is 1.79. The summed E-state index contributed by atoms with van der Waals surface area (Å²) >= 11 is 0. The number of Topliss-reactive ketones (excluding diaryl/α,β-unsaturated/α-hetero) is 1. The molecule has 82 valence electrons. The predicted molar refractivity (Wildman–Crippen MR) is 51.1 cm³/mol. The molecule has 1 aliphatic rings. The minimum Gasteiger partial charge on any atom is -0.372 e.